The van der Waals surface area contributed by atoms with Crippen LogP contribution < -0.4 is 0 Å². The molecule has 4 nitrogen and oxygen atoms in total. The van der Waals surface area contributed by atoms with Gasteiger partial charge in [0.25, 0.3) is 0 Å². The third-order valence-electron chi connectivity index (χ3n) is 6.89. The van der Waals surface area contributed by atoms with Gasteiger partial charge in [-0.2, -0.15) is 0 Å². The van der Waals surface area contributed by atoms with Crippen molar-refractivity contribution in [3.05, 3.63) is 47.8 Å². The first-order valence-corrected chi connectivity index (χ1v) is 14.8. The van der Waals surface area contributed by atoms with Gasteiger partial charge in [-0.3, -0.25) is 0 Å². The molecule has 2 aromatic rings. The quantitative estimate of drug-likeness (QED) is 0.128. The molecule has 0 aliphatic rings. The van der Waals surface area contributed by atoms with Crippen LogP contribution in [0.4, 0.5) is 0 Å². The van der Waals surface area contributed by atoms with Crippen LogP contribution in [-0.4, -0.2) is 22.5 Å². The zero-order valence-electron chi connectivity index (χ0n) is 23.1. The molecule has 0 fully saturated rings. The predicted molar refractivity (Wildman–Crippen MR) is 151 cm³/mol. The van der Waals surface area contributed by atoms with Crippen LogP contribution in [-0.2, 0) is 11.2 Å². The van der Waals surface area contributed by atoms with Crippen molar-refractivity contribution in [3.8, 4) is 11.4 Å². The highest BCUT2D eigenvalue weighted by Gasteiger charge is 2.15. The number of hydrogen-bond acceptors (Lipinski definition) is 4. The van der Waals surface area contributed by atoms with Crippen LogP contribution in [0.2, 0.25) is 0 Å². The summed E-state index contributed by atoms with van der Waals surface area (Å²) < 4.78 is 5.56. The second-order valence-electron chi connectivity index (χ2n) is 10.1. The number of ether oxygens (including phenoxy) is 1. The van der Waals surface area contributed by atoms with E-state index in [4.69, 9.17) is 4.74 Å². The van der Waals surface area contributed by atoms with Crippen molar-refractivity contribution in [2.45, 2.75) is 129 Å². The van der Waals surface area contributed by atoms with E-state index in [9.17, 15) is 4.79 Å². The molecule has 0 saturated heterocycles. The SMILES string of the molecule is CCCCCCCCCCCCc1cnc(-c2ccccc2C(=O)OCCCCCCCCC)nc1. The summed E-state index contributed by atoms with van der Waals surface area (Å²) in [6.07, 6.45) is 26.7. The van der Waals surface area contributed by atoms with E-state index in [1.165, 1.54) is 96.3 Å². The Balaban J connectivity index is 1.70. The van der Waals surface area contributed by atoms with E-state index in [0.717, 1.165) is 30.4 Å². The standard InChI is InChI=1S/C32H50N2O2/c1-3-5-7-9-11-12-13-14-16-18-22-28-26-33-31(34-27-28)29-23-19-20-24-30(29)32(35)36-25-21-17-15-10-8-6-4-2/h19-20,23-24,26-27H,3-18,21-22,25H2,1-2H3. The third-order valence-corrected chi connectivity index (χ3v) is 6.89. The second kappa shape index (κ2) is 19.9. The Bertz CT molecular complexity index is 819. The molecule has 0 aliphatic carbocycles. The molecule has 1 aromatic heterocycles. The van der Waals surface area contributed by atoms with Crippen molar-refractivity contribution in [3.63, 3.8) is 0 Å². The van der Waals surface area contributed by atoms with Crippen LogP contribution in [0, 0.1) is 0 Å². The van der Waals surface area contributed by atoms with Crippen LogP contribution in [0.15, 0.2) is 36.7 Å². The van der Waals surface area contributed by atoms with Crippen molar-refractivity contribution in [2.24, 2.45) is 0 Å². The van der Waals surface area contributed by atoms with E-state index in [2.05, 4.69) is 23.8 Å². The van der Waals surface area contributed by atoms with Crippen LogP contribution >= 0.6 is 0 Å². The minimum Gasteiger partial charge on any atom is -0.462 e. The van der Waals surface area contributed by atoms with Gasteiger partial charge in [0, 0.05) is 18.0 Å². The summed E-state index contributed by atoms with van der Waals surface area (Å²) in [5.74, 6) is 0.305. The fourth-order valence-electron chi connectivity index (χ4n) is 4.60. The highest BCUT2D eigenvalue weighted by atomic mass is 16.5. The summed E-state index contributed by atoms with van der Waals surface area (Å²) in [5, 5.41) is 0. The number of carbonyl (C=O) groups is 1. The molecular formula is C32H50N2O2. The van der Waals surface area contributed by atoms with Crippen molar-refractivity contribution < 1.29 is 9.53 Å². The van der Waals surface area contributed by atoms with Gasteiger partial charge in [0.1, 0.15) is 0 Å². The lowest BCUT2D eigenvalue weighted by Crippen LogP contribution is -2.09. The smallest absolute Gasteiger partial charge is 0.338 e. The number of carbonyl (C=O) groups excluding carboxylic acids is 1. The van der Waals surface area contributed by atoms with E-state index in [1.807, 2.05) is 36.7 Å². The van der Waals surface area contributed by atoms with Gasteiger partial charge in [-0.05, 0) is 30.9 Å². The maximum absolute atomic E-state index is 12.7. The Hall–Kier alpha value is -2.23. The van der Waals surface area contributed by atoms with Crippen LogP contribution in [0.3, 0.4) is 0 Å². The van der Waals surface area contributed by atoms with Gasteiger partial charge in [0.05, 0.1) is 12.2 Å². The summed E-state index contributed by atoms with van der Waals surface area (Å²) in [6, 6.07) is 7.50. The molecule has 0 spiro atoms. The van der Waals surface area contributed by atoms with Gasteiger partial charge in [-0.1, -0.05) is 128 Å². The fraction of sp³-hybridized carbons (Fsp3) is 0.656. The summed E-state index contributed by atoms with van der Waals surface area (Å²) in [5.41, 5.74) is 2.45. The average molecular weight is 495 g/mol. The molecule has 0 bridgehead atoms. The molecular weight excluding hydrogens is 444 g/mol. The molecule has 0 atom stereocenters. The highest BCUT2D eigenvalue weighted by molar-refractivity contribution is 5.96. The first kappa shape index (κ1) is 30.0. The molecule has 0 N–H and O–H groups in total. The number of nitrogens with zero attached hydrogens (tertiary/aromatic N) is 2. The topological polar surface area (TPSA) is 52.1 Å². The number of benzene rings is 1. The Morgan fingerprint density at radius 2 is 1.17 bits per heavy atom. The number of unbranched alkanes of at least 4 members (excludes halogenated alkanes) is 15. The Morgan fingerprint density at radius 3 is 1.75 bits per heavy atom. The molecule has 0 radical (unpaired) electrons. The number of hydrogen-bond donors (Lipinski definition) is 0. The molecule has 0 saturated carbocycles. The molecule has 200 valence electrons. The highest BCUT2D eigenvalue weighted by Crippen LogP contribution is 2.21. The van der Waals surface area contributed by atoms with Gasteiger partial charge in [-0.25, -0.2) is 14.8 Å². The van der Waals surface area contributed by atoms with E-state index in [0.29, 0.717) is 18.0 Å². The number of esters is 1. The van der Waals surface area contributed by atoms with Crippen molar-refractivity contribution in [1.82, 2.24) is 9.97 Å². The van der Waals surface area contributed by atoms with Crippen molar-refractivity contribution in [1.29, 1.82) is 0 Å². The second-order valence-corrected chi connectivity index (χ2v) is 10.1. The fourth-order valence-corrected chi connectivity index (χ4v) is 4.60. The van der Waals surface area contributed by atoms with Gasteiger partial charge in [0.15, 0.2) is 5.82 Å². The van der Waals surface area contributed by atoms with E-state index >= 15 is 0 Å². The average Bonchev–Trinajstić information content (AvgIpc) is 2.91. The summed E-state index contributed by atoms with van der Waals surface area (Å²) in [4.78, 5) is 21.9. The first-order valence-electron chi connectivity index (χ1n) is 14.8. The van der Waals surface area contributed by atoms with Crippen molar-refractivity contribution >= 4 is 5.97 Å². The lowest BCUT2D eigenvalue weighted by atomic mass is 10.0. The van der Waals surface area contributed by atoms with Gasteiger partial charge >= 0.3 is 5.97 Å². The first-order chi connectivity index (χ1) is 17.8. The molecule has 1 aromatic carbocycles. The van der Waals surface area contributed by atoms with Gasteiger partial charge < -0.3 is 4.74 Å². The maximum Gasteiger partial charge on any atom is 0.338 e. The third kappa shape index (κ3) is 12.6. The number of rotatable bonds is 21. The normalized spacial score (nSPS) is 11.1. The number of aryl methyl sites for hydroxylation is 1. The zero-order chi connectivity index (χ0) is 25.7. The minimum absolute atomic E-state index is 0.283. The summed E-state index contributed by atoms with van der Waals surface area (Å²) >= 11 is 0. The number of aromatic nitrogens is 2. The van der Waals surface area contributed by atoms with Gasteiger partial charge in [-0.15, -0.1) is 0 Å². The summed E-state index contributed by atoms with van der Waals surface area (Å²) in [6.45, 7) is 4.97. The Kier molecular flexibility index (Phi) is 16.6. The van der Waals surface area contributed by atoms with Crippen LogP contribution in [0.5, 0.6) is 0 Å². The minimum atomic E-state index is -0.283. The van der Waals surface area contributed by atoms with Crippen LogP contribution in [0.1, 0.15) is 139 Å². The molecule has 1 heterocycles. The molecule has 2 rings (SSSR count). The van der Waals surface area contributed by atoms with E-state index in [-0.39, 0.29) is 5.97 Å². The van der Waals surface area contributed by atoms with Crippen LogP contribution in [0.25, 0.3) is 11.4 Å². The lowest BCUT2D eigenvalue weighted by molar-refractivity contribution is 0.0498. The molecule has 36 heavy (non-hydrogen) atoms. The lowest BCUT2D eigenvalue weighted by Gasteiger charge is -2.09. The molecule has 0 unspecified atom stereocenters. The Morgan fingerprint density at radius 1 is 0.667 bits per heavy atom. The maximum atomic E-state index is 12.7. The zero-order valence-corrected chi connectivity index (χ0v) is 23.1. The van der Waals surface area contributed by atoms with E-state index in [1.54, 1.807) is 0 Å². The molecule has 4 heteroatoms. The Labute approximate surface area is 220 Å². The van der Waals surface area contributed by atoms with E-state index < -0.39 is 0 Å². The van der Waals surface area contributed by atoms with Crippen molar-refractivity contribution in [2.75, 3.05) is 6.61 Å². The molecule has 0 aliphatic heterocycles. The predicted octanol–water partition coefficient (Wildman–Crippen LogP) is 9.51. The largest absolute Gasteiger partial charge is 0.462 e. The van der Waals surface area contributed by atoms with Gasteiger partial charge in [0.2, 0.25) is 0 Å². The summed E-state index contributed by atoms with van der Waals surface area (Å²) in [7, 11) is 0. The molecule has 0 amide bonds. The monoisotopic (exact) mass is 494 g/mol.